The van der Waals surface area contributed by atoms with Gasteiger partial charge in [0.1, 0.15) is 16.9 Å². The van der Waals surface area contributed by atoms with E-state index < -0.39 is 22.8 Å². The van der Waals surface area contributed by atoms with Gasteiger partial charge in [-0.2, -0.15) is 12.6 Å². The third-order valence-electron chi connectivity index (χ3n) is 5.74. The number of carbonyl (C=O) groups is 2. The second-order valence-electron chi connectivity index (χ2n) is 8.17. The normalized spacial score (nSPS) is 17.2. The number of pyridine rings is 1. The van der Waals surface area contributed by atoms with Gasteiger partial charge in [-0.25, -0.2) is 9.18 Å². The Balaban J connectivity index is 0.000000421. The van der Waals surface area contributed by atoms with E-state index in [9.17, 15) is 19.5 Å². The molecule has 10 nitrogen and oxygen atoms in total. The lowest BCUT2D eigenvalue weighted by Gasteiger charge is -2.23. The third-order valence-corrected chi connectivity index (χ3v) is 6.91. The maximum atomic E-state index is 15.0. The molecule has 35 heavy (non-hydrogen) atoms. The van der Waals surface area contributed by atoms with Crippen molar-refractivity contribution in [2.75, 3.05) is 29.5 Å². The van der Waals surface area contributed by atoms with Crippen molar-refractivity contribution in [3.05, 3.63) is 44.4 Å². The Morgan fingerprint density at radius 3 is 2.66 bits per heavy atom. The molecule has 1 saturated carbocycles. The highest BCUT2D eigenvalue weighted by Gasteiger charge is 2.32. The number of hydrogen-bond acceptors (Lipinski definition) is 9. The van der Waals surface area contributed by atoms with Gasteiger partial charge in [0.2, 0.25) is 16.5 Å². The Morgan fingerprint density at radius 1 is 1.37 bits per heavy atom. The fourth-order valence-electron chi connectivity index (χ4n) is 4.05. The van der Waals surface area contributed by atoms with Gasteiger partial charge in [-0.1, -0.05) is 22.9 Å². The number of fused-ring (bicyclic) bond motifs is 1. The van der Waals surface area contributed by atoms with E-state index in [0.29, 0.717) is 30.2 Å². The lowest BCUT2D eigenvalue weighted by atomic mass is 10.1. The number of anilines is 2. The van der Waals surface area contributed by atoms with E-state index in [1.165, 1.54) is 17.5 Å². The average molecular weight is 541 g/mol. The van der Waals surface area contributed by atoms with Crippen LogP contribution in [0.5, 0.6) is 0 Å². The zero-order valence-corrected chi connectivity index (χ0v) is 20.7. The van der Waals surface area contributed by atoms with Gasteiger partial charge in [0.25, 0.3) is 0 Å². The molecule has 14 heteroatoms. The van der Waals surface area contributed by atoms with Crippen molar-refractivity contribution in [1.29, 1.82) is 0 Å². The highest BCUT2D eigenvalue weighted by Crippen LogP contribution is 2.42. The standard InChI is InChI=1S/C19H19ClFN3O4S.C2H3N3S/c20-15-16-11(18(26)12(19(27)28)7-24(16)10-1-2-10)5-13(21)17(15)23-4-3-9(6-23)22-14(25)8-29;3-2-5-4-1-6-2/h5,7,9-10,29H,1-4,6,8H2,(H,22,25)(H,27,28);1H,(H2,3,5). The van der Waals surface area contributed by atoms with Crippen molar-refractivity contribution in [3.63, 3.8) is 0 Å². The van der Waals surface area contributed by atoms with Crippen LogP contribution in [0.2, 0.25) is 5.02 Å². The number of amides is 1. The Morgan fingerprint density at radius 2 is 2.11 bits per heavy atom. The maximum Gasteiger partial charge on any atom is 0.341 e. The number of carboxylic acid groups (broad SMARTS) is 1. The van der Waals surface area contributed by atoms with Gasteiger partial charge in [-0.3, -0.25) is 9.59 Å². The highest BCUT2D eigenvalue weighted by atomic mass is 35.5. The topological polar surface area (TPSA) is 143 Å². The zero-order chi connectivity index (χ0) is 25.3. The molecule has 0 spiro atoms. The Kier molecular flexibility index (Phi) is 7.47. The minimum absolute atomic E-state index is 0.0352. The summed E-state index contributed by atoms with van der Waals surface area (Å²) in [5, 5.41) is 19.7. The lowest BCUT2D eigenvalue weighted by Crippen LogP contribution is -2.38. The van der Waals surface area contributed by atoms with E-state index in [2.05, 4.69) is 28.1 Å². The first kappa shape index (κ1) is 25.2. The fraction of sp³-hybridized carbons (Fsp3) is 0.381. The molecule has 186 valence electrons. The van der Waals surface area contributed by atoms with Gasteiger partial charge in [0, 0.05) is 31.4 Å². The van der Waals surface area contributed by atoms with Crippen LogP contribution in [0.3, 0.4) is 0 Å². The number of aromatic nitrogens is 3. The van der Waals surface area contributed by atoms with Crippen molar-refractivity contribution in [1.82, 2.24) is 20.1 Å². The van der Waals surface area contributed by atoms with Gasteiger partial charge in [0.05, 0.1) is 27.4 Å². The zero-order valence-electron chi connectivity index (χ0n) is 18.3. The molecule has 1 aliphatic heterocycles. The SMILES string of the molecule is Nc1nncs1.O=C(CS)NC1CCN(c2c(F)cc3c(=O)c(C(=O)O)cn(C4CC4)c3c2Cl)C1. The summed E-state index contributed by atoms with van der Waals surface area (Å²) < 4.78 is 16.7. The summed E-state index contributed by atoms with van der Waals surface area (Å²) >= 11 is 11.9. The molecule has 1 saturated heterocycles. The highest BCUT2D eigenvalue weighted by molar-refractivity contribution is 7.81. The Labute approximate surface area is 213 Å². The van der Waals surface area contributed by atoms with Crippen molar-refractivity contribution in [2.45, 2.75) is 31.3 Å². The minimum atomic E-state index is -1.35. The second-order valence-corrected chi connectivity index (χ2v) is 9.73. The lowest BCUT2D eigenvalue weighted by molar-refractivity contribution is -0.119. The van der Waals surface area contributed by atoms with Gasteiger partial charge in [-0.15, -0.1) is 10.2 Å². The summed E-state index contributed by atoms with van der Waals surface area (Å²) in [6.45, 7) is 0.864. The van der Waals surface area contributed by atoms with Crippen molar-refractivity contribution in [3.8, 4) is 0 Å². The molecule has 4 N–H and O–H groups in total. The van der Waals surface area contributed by atoms with Crippen LogP contribution < -0.4 is 21.4 Å². The summed E-state index contributed by atoms with van der Waals surface area (Å²) in [4.78, 5) is 37.4. The van der Waals surface area contributed by atoms with Crippen LogP contribution >= 0.6 is 35.6 Å². The van der Waals surface area contributed by atoms with Crippen molar-refractivity contribution in [2.24, 2.45) is 0 Å². The van der Waals surface area contributed by atoms with E-state index in [1.54, 1.807) is 15.0 Å². The van der Waals surface area contributed by atoms with Crippen LogP contribution in [0.4, 0.5) is 15.2 Å². The van der Waals surface area contributed by atoms with E-state index in [-0.39, 0.29) is 39.8 Å². The number of rotatable bonds is 5. The molecular weight excluding hydrogens is 519 g/mol. The number of halogens is 2. The molecule has 0 radical (unpaired) electrons. The third kappa shape index (κ3) is 5.36. The summed E-state index contributed by atoms with van der Waals surface area (Å²) in [7, 11) is 0. The molecule has 1 aliphatic carbocycles. The summed E-state index contributed by atoms with van der Waals surface area (Å²) in [5.74, 6) is -2.17. The number of carbonyl (C=O) groups excluding carboxylic acids is 1. The molecule has 3 heterocycles. The van der Waals surface area contributed by atoms with E-state index in [0.717, 1.165) is 18.9 Å². The van der Waals surface area contributed by atoms with Crippen molar-refractivity contribution >= 4 is 69.2 Å². The average Bonchev–Trinajstić information content (AvgIpc) is 3.38. The molecule has 2 aromatic heterocycles. The summed E-state index contributed by atoms with van der Waals surface area (Å²) in [6.07, 6.45) is 3.60. The van der Waals surface area contributed by atoms with Crippen LogP contribution in [0.1, 0.15) is 35.7 Å². The second kappa shape index (κ2) is 10.4. The maximum absolute atomic E-state index is 15.0. The molecule has 2 aliphatic rings. The number of aromatic carboxylic acids is 1. The first-order chi connectivity index (χ1) is 16.7. The van der Waals surface area contributed by atoms with E-state index in [4.69, 9.17) is 17.3 Å². The van der Waals surface area contributed by atoms with Crippen LogP contribution in [-0.2, 0) is 4.79 Å². The van der Waals surface area contributed by atoms with Crippen LogP contribution in [-0.4, -0.2) is 56.6 Å². The smallest absolute Gasteiger partial charge is 0.341 e. The van der Waals surface area contributed by atoms with Gasteiger partial charge < -0.3 is 25.6 Å². The number of carboxylic acids is 1. The van der Waals surface area contributed by atoms with Crippen LogP contribution in [0.25, 0.3) is 10.9 Å². The largest absolute Gasteiger partial charge is 0.477 e. The quantitative estimate of drug-likeness (QED) is 0.361. The minimum Gasteiger partial charge on any atom is -0.477 e. The van der Waals surface area contributed by atoms with E-state index in [1.807, 2.05) is 0 Å². The molecular formula is C21H22ClFN6O4S2. The van der Waals surface area contributed by atoms with Gasteiger partial charge in [-0.05, 0) is 25.3 Å². The number of nitrogens with two attached hydrogens (primary N) is 1. The molecule has 1 atom stereocenters. The Bertz CT molecular complexity index is 1330. The molecule has 1 amide bonds. The van der Waals surface area contributed by atoms with Crippen molar-refractivity contribution < 1.29 is 19.1 Å². The van der Waals surface area contributed by atoms with Crippen LogP contribution in [0, 0.1) is 5.82 Å². The molecule has 3 aromatic rings. The first-order valence-electron chi connectivity index (χ1n) is 10.7. The summed E-state index contributed by atoms with van der Waals surface area (Å²) in [5.41, 5.74) is 6.08. The first-order valence-corrected chi connectivity index (χ1v) is 12.6. The number of nitrogens with zero attached hydrogens (tertiary/aromatic N) is 4. The van der Waals surface area contributed by atoms with Gasteiger partial charge in [0.15, 0.2) is 0 Å². The number of hydrogen-bond donors (Lipinski definition) is 4. The fourth-order valence-corrected chi connectivity index (χ4v) is 4.85. The monoisotopic (exact) mass is 540 g/mol. The number of nitrogen functional groups attached to an aromatic ring is 1. The van der Waals surface area contributed by atoms with Crippen LogP contribution in [0.15, 0.2) is 22.6 Å². The molecule has 2 fully saturated rings. The predicted octanol–water partition coefficient (Wildman–Crippen LogP) is 2.57. The van der Waals surface area contributed by atoms with E-state index >= 15 is 4.39 Å². The number of benzene rings is 1. The molecule has 5 rings (SSSR count). The molecule has 0 bridgehead atoms. The predicted molar refractivity (Wildman–Crippen MR) is 135 cm³/mol. The number of thiol groups is 1. The number of nitrogens with one attached hydrogen (secondary N) is 1. The molecule has 1 aromatic carbocycles. The molecule has 1 unspecified atom stereocenters. The van der Waals surface area contributed by atoms with Gasteiger partial charge >= 0.3 is 5.97 Å². The Hall–Kier alpha value is -2.90. The summed E-state index contributed by atoms with van der Waals surface area (Å²) in [6, 6.07) is 0.956.